The molecule has 2 atom stereocenters. The average molecular weight is 108 g/mol. The van der Waals surface area contributed by atoms with Crippen molar-refractivity contribution in [2.75, 3.05) is 0 Å². The normalized spacial score (nSPS) is 43.8. The van der Waals surface area contributed by atoms with Crippen molar-refractivity contribution in [3.05, 3.63) is 12.2 Å². The highest BCUT2D eigenvalue weighted by molar-refractivity contribution is 5.16. The number of allylic oxidation sites excluding steroid dienone is 1. The van der Waals surface area contributed by atoms with Gasteiger partial charge in [-0.05, 0) is 31.1 Å². The molecule has 0 unspecified atom stereocenters. The van der Waals surface area contributed by atoms with Gasteiger partial charge in [0.15, 0.2) is 0 Å². The summed E-state index contributed by atoms with van der Waals surface area (Å²) >= 11 is 0. The molecule has 2 aliphatic rings. The van der Waals surface area contributed by atoms with E-state index in [0.717, 1.165) is 11.8 Å². The second-order valence-electron chi connectivity index (χ2n) is 3.16. The van der Waals surface area contributed by atoms with Gasteiger partial charge in [0.1, 0.15) is 0 Å². The van der Waals surface area contributed by atoms with Crippen LogP contribution in [0.15, 0.2) is 12.2 Å². The lowest BCUT2D eigenvalue weighted by atomic mass is 9.72. The van der Waals surface area contributed by atoms with E-state index in [1.165, 1.54) is 31.3 Å². The van der Waals surface area contributed by atoms with Gasteiger partial charge in [-0.2, -0.15) is 0 Å². The van der Waals surface area contributed by atoms with E-state index in [4.69, 9.17) is 0 Å². The first-order valence-electron chi connectivity index (χ1n) is 3.55. The van der Waals surface area contributed by atoms with Crippen molar-refractivity contribution < 1.29 is 0 Å². The van der Waals surface area contributed by atoms with Crippen molar-refractivity contribution in [3.8, 4) is 0 Å². The maximum absolute atomic E-state index is 4.00. The summed E-state index contributed by atoms with van der Waals surface area (Å²) in [5, 5.41) is 0. The third-order valence-corrected chi connectivity index (χ3v) is 2.71. The van der Waals surface area contributed by atoms with Gasteiger partial charge in [-0.25, -0.2) is 0 Å². The van der Waals surface area contributed by atoms with E-state index in [1.807, 2.05) is 0 Å². The van der Waals surface area contributed by atoms with E-state index in [1.54, 1.807) is 0 Å². The van der Waals surface area contributed by atoms with Gasteiger partial charge >= 0.3 is 0 Å². The predicted octanol–water partition coefficient (Wildman–Crippen LogP) is 2.36. The Morgan fingerprint density at radius 3 is 2.75 bits per heavy atom. The van der Waals surface area contributed by atoms with E-state index in [9.17, 15) is 0 Å². The zero-order valence-electron chi connectivity index (χ0n) is 5.19. The number of hydrogen-bond acceptors (Lipinski definition) is 0. The fraction of sp³-hybridized carbons (Fsp3) is 0.750. The van der Waals surface area contributed by atoms with Crippen LogP contribution in [0.25, 0.3) is 0 Å². The summed E-state index contributed by atoms with van der Waals surface area (Å²) in [5.74, 6) is 2.04. The molecule has 0 aromatic rings. The second kappa shape index (κ2) is 1.37. The van der Waals surface area contributed by atoms with Gasteiger partial charge in [0.25, 0.3) is 0 Å². The van der Waals surface area contributed by atoms with Crippen molar-refractivity contribution >= 4 is 0 Å². The van der Waals surface area contributed by atoms with Crippen LogP contribution in [-0.2, 0) is 0 Å². The van der Waals surface area contributed by atoms with E-state index in [-0.39, 0.29) is 0 Å². The molecule has 0 spiro atoms. The number of fused-ring (bicyclic) bond motifs is 1. The summed E-state index contributed by atoms with van der Waals surface area (Å²) in [5.41, 5.74) is 1.53. The van der Waals surface area contributed by atoms with Crippen LogP contribution < -0.4 is 0 Å². The molecule has 0 saturated heterocycles. The summed E-state index contributed by atoms with van der Waals surface area (Å²) < 4.78 is 0. The summed E-state index contributed by atoms with van der Waals surface area (Å²) in [4.78, 5) is 0. The molecule has 0 N–H and O–H groups in total. The highest BCUT2D eigenvalue weighted by atomic mass is 14.4. The molecule has 44 valence electrons. The highest BCUT2D eigenvalue weighted by Gasteiger charge is 2.37. The molecule has 0 amide bonds. The minimum absolute atomic E-state index is 0.968. The van der Waals surface area contributed by atoms with Crippen LogP contribution in [0.3, 0.4) is 0 Å². The van der Waals surface area contributed by atoms with Crippen LogP contribution >= 0.6 is 0 Å². The molecule has 2 aliphatic carbocycles. The Balaban J connectivity index is 2.11. The zero-order valence-corrected chi connectivity index (χ0v) is 5.19. The van der Waals surface area contributed by atoms with Gasteiger partial charge in [-0.3, -0.25) is 0 Å². The molecule has 0 heterocycles. The maximum Gasteiger partial charge on any atom is -0.0174 e. The molecule has 0 aromatic carbocycles. The molecule has 2 rings (SSSR count). The lowest BCUT2D eigenvalue weighted by Crippen LogP contribution is -2.22. The molecular weight excluding hydrogens is 96.1 g/mol. The maximum atomic E-state index is 4.00. The first-order valence-corrected chi connectivity index (χ1v) is 3.55. The van der Waals surface area contributed by atoms with Crippen LogP contribution in [0.4, 0.5) is 0 Å². The van der Waals surface area contributed by atoms with Crippen molar-refractivity contribution in [1.82, 2.24) is 0 Å². The third-order valence-electron chi connectivity index (χ3n) is 2.71. The molecule has 0 aromatic heterocycles. The fourth-order valence-corrected chi connectivity index (χ4v) is 2.15. The van der Waals surface area contributed by atoms with Crippen molar-refractivity contribution in [3.63, 3.8) is 0 Å². The molecule has 0 heteroatoms. The van der Waals surface area contributed by atoms with Gasteiger partial charge in [0, 0.05) is 0 Å². The monoisotopic (exact) mass is 108 g/mol. The lowest BCUT2D eigenvalue weighted by molar-refractivity contribution is 0.328. The Hall–Kier alpha value is -0.260. The Morgan fingerprint density at radius 1 is 1.38 bits per heavy atom. The van der Waals surface area contributed by atoms with Crippen LogP contribution in [0, 0.1) is 11.8 Å². The third kappa shape index (κ3) is 0.410. The predicted molar refractivity (Wildman–Crippen MR) is 34.6 cm³/mol. The van der Waals surface area contributed by atoms with Crippen LogP contribution in [-0.4, -0.2) is 0 Å². The molecule has 0 aliphatic heterocycles. The van der Waals surface area contributed by atoms with E-state index in [2.05, 4.69) is 6.58 Å². The van der Waals surface area contributed by atoms with Gasteiger partial charge in [-0.1, -0.05) is 18.6 Å². The summed E-state index contributed by atoms with van der Waals surface area (Å²) in [7, 11) is 0. The molecule has 8 heavy (non-hydrogen) atoms. The van der Waals surface area contributed by atoms with Crippen molar-refractivity contribution in [2.24, 2.45) is 11.8 Å². The number of rotatable bonds is 0. The topological polar surface area (TPSA) is 0 Å². The van der Waals surface area contributed by atoms with E-state index < -0.39 is 0 Å². The average Bonchev–Trinajstić information content (AvgIpc) is 2.09. The zero-order chi connectivity index (χ0) is 5.56. The Morgan fingerprint density at radius 2 is 2.25 bits per heavy atom. The van der Waals surface area contributed by atoms with Crippen molar-refractivity contribution in [1.29, 1.82) is 0 Å². The molecule has 0 nitrogen and oxygen atoms in total. The van der Waals surface area contributed by atoms with Crippen LogP contribution in [0.2, 0.25) is 0 Å². The fourth-order valence-electron chi connectivity index (χ4n) is 2.15. The minimum atomic E-state index is 0.968. The van der Waals surface area contributed by atoms with Gasteiger partial charge < -0.3 is 0 Å². The molecular formula is C8H12. The minimum Gasteiger partial charge on any atom is -0.0996 e. The van der Waals surface area contributed by atoms with E-state index >= 15 is 0 Å². The molecule has 0 bridgehead atoms. The smallest absolute Gasteiger partial charge is 0.0174 e. The Kier molecular flexibility index (Phi) is 0.787. The first-order chi connectivity index (χ1) is 3.88. The largest absolute Gasteiger partial charge is 0.0996 e. The molecule has 0 radical (unpaired) electrons. The lowest BCUT2D eigenvalue weighted by Gasteiger charge is -2.33. The second-order valence-corrected chi connectivity index (χ2v) is 3.16. The summed E-state index contributed by atoms with van der Waals surface area (Å²) in [6, 6.07) is 0. The SMILES string of the molecule is C=C1C[C@H]2CCC[C@@H]12. The van der Waals surface area contributed by atoms with E-state index in [0.29, 0.717) is 0 Å². The summed E-state index contributed by atoms with van der Waals surface area (Å²) in [6.45, 7) is 4.00. The first kappa shape index (κ1) is 4.60. The quantitative estimate of drug-likeness (QED) is 0.418. The highest BCUT2D eigenvalue weighted by Crippen LogP contribution is 2.49. The number of hydrogen-bond donors (Lipinski definition) is 0. The van der Waals surface area contributed by atoms with Crippen molar-refractivity contribution in [2.45, 2.75) is 25.7 Å². The Labute approximate surface area is 50.6 Å². The standard InChI is InChI=1S/C8H12/c1-6-5-7-3-2-4-8(6)7/h7-8H,1-5H2/t7-,8+/m1/s1. The summed E-state index contributed by atoms with van der Waals surface area (Å²) in [6.07, 6.45) is 5.76. The van der Waals surface area contributed by atoms with Gasteiger partial charge in [0.05, 0.1) is 0 Å². The van der Waals surface area contributed by atoms with Crippen LogP contribution in [0.1, 0.15) is 25.7 Å². The molecule has 2 saturated carbocycles. The van der Waals surface area contributed by atoms with Gasteiger partial charge in [0.2, 0.25) is 0 Å². The van der Waals surface area contributed by atoms with Gasteiger partial charge in [-0.15, -0.1) is 0 Å². The Bertz CT molecular complexity index is 124. The molecule has 2 fully saturated rings. The van der Waals surface area contributed by atoms with Crippen LogP contribution in [0.5, 0.6) is 0 Å².